The van der Waals surface area contributed by atoms with Gasteiger partial charge < -0.3 is 0 Å². The number of aromatic nitrogens is 1. The van der Waals surface area contributed by atoms with Gasteiger partial charge in [0, 0.05) is 17.5 Å². The molecule has 0 amide bonds. The van der Waals surface area contributed by atoms with Crippen molar-refractivity contribution in [3.05, 3.63) is 58.3 Å². The van der Waals surface area contributed by atoms with E-state index in [0.717, 1.165) is 11.3 Å². The lowest BCUT2D eigenvalue weighted by Gasteiger charge is -2.31. The smallest absolute Gasteiger partial charge is 0.173 e. The van der Waals surface area contributed by atoms with Crippen molar-refractivity contribution in [3.63, 3.8) is 0 Å². The fourth-order valence-electron chi connectivity index (χ4n) is 3.57. The highest BCUT2D eigenvalue weighted by Crippen LogP contribution is 2.38. The fourth-order valence-corrected chi connectivity index (χ4v) is 4.50. The lowest BCUT2D eigenvalue weighted by molar-refractivity contribution is 0.0907. The number of benzene rings is 1. The number of carbonyl (C=O) groups is 2. The van der Waals surface area contributed by atoms with E-state index in [1.165, 1.54) is 11.8 Å². The monoisotopic (exact) mass is 378 g/mol. The van der Waals surface area contributed by atoms with Crippen LogP contribution in [0, 0.1) is 16.7 Å². The van der Waals surface area contributed by atoms with E-state index in [-0.39, 0.29) is 22.7 Å². The number of Topliss-reactive ketones (excluding diaryl/α,β-unsaturated/α-hetero) is 2. The summed E-state index contributed by atoms with van der Waals surface area (Å²) in [5.74, 6) is 0.280. The minimum Gasteiger partial charge on any atom is -0.294 e. The van der Waals surface area contributed by atoms with E-state index in [1.807, 2.05) is 25.1 Å². The molecule has 0 saturated carbocycles. The van der Waals surface area contributed by atoms with E-state index in [2.05, 4.69) is 24.9 Å². The molecule has 4 nitrogen and oxygen atoms in total. The summed E-state index contributed by atoms with van der Waals surface area (Å²) in [6.45, 7) is 6.07. The standard InChI is InChI=1S/C22H22N2O2S/c1-4-15-16(12-23)21(27-13-19(26)14-8-6-5-7-9-14)24-17-10-22(2,3)11-18(25)20(15)17/h5-9H,4,10-11,13H2,1-3H3. The van der Waals surface area contributed by atoms with Crippen molar-refractivity contribution in [2.45, 2.75) is 45.1 Å². The number of hydrogen-bond acceptors (Lipinski definition) is 5. The van der Waals surface area contributed by atoms with Gasteiger partial charge in [-0.2, -0.15) is 5.26 Å². The molecule has 0 spiro atoms. The zero-order valence-corrected chi connectivity index (χ0v) is 16.7. The minimum atomic E-state index is -0.141. The number of ketones is 2. The van der Waals surface area contributed by atoms with Crippen LogP contribution in [0.25, 0.3) is 0 Å². The summed E-state index contributed by atoms with van der Waals surface area (Å²) in [7, 11) is 0. The van der Waals surface area contributed by atoms with Crippen molar-refractivity contribution in [1.29, 1.82) is 5.26 Å². The predicted molar refractivity (Wildman–Crippen MR) is 106 cm³/mol. The van der Waals surface area contributed by atoms with Gasteiger partial charge in [-0.3, -0.25) is 9.59 Å². The van der Waals surface area contributed by atoms with Crippen molar-refractivity contribution >= 4 is 23.3 Å². The minimum absolute atomic E-state index is 0.00142. The van der Waals surface area contributed by atoms with Gasteiger partial charge in [-0.15, -0.1) is 0 Å². The van der Waals surface area contributed by atoms with Crippen LogP contribution >= 0.6 is 11.8 Å². The third kappa shape index (κ3) is 3.96. The first-order valence-electron chi connectivity index (χ1n) is 9.06. The van der Waals surface area contributed by atoms with Crippen molar-refractivity contribution in [3.8, 4) is 6.07 Å². The highest BCUT2D eigenvalue weighted by Gasteiger charge is 2.35. The van der Waals surface area contributed by atoms with Gasteiger partial charge in [0.25, 0.3) is 0 Å². The predicted octanol–water partition coefficient (Wildman–Crippen LogP) is 4.65. The van der Waals surface area contributed by atoms with Gasteiger partial charge in [0.1, 0.15) is 11.1 Å². The van der Waals surface area contributed by atoms with Gasteiger partial charge in [-0.25, -0.2) is 4.98 Å². The molecule has 0 unspecified atom stereocenters. The third-order valence-corrected chi connectivity index (χ3v) is 5.78. The molecular weight excluding hydrogens is 356 g/mol. The Morgan fingerprint density at radius 2 is 1.96 bits per heavy atom. The van der Waals surface area contributed by atoms with Crippen LogP contribution in [0.4, 0.5) is 0 Å². The van der Waals surface area contributed by atoms with Gasteiger partial charge in [-0.1, -0.05) is 62.9 Å². The summed E-state index contributed by atoms with van der Waals surface area (Å²) >= 11 is 1.28. The molecule has 1 aliphatic rings. The SMILES string of the molecule is CCc1c(C#N)c(SCC(=O)c2ccccc2)nc2c1C(=O)CC(C)(C)C2. The van der Waals surface area contributed by atoms with E-state index in [1.54, 1.807) is 12.1 Å². The molecule has 0 atom stereocenters. The second-order valence-electron chi connectivity index (χ2n) is 7.58. The Bertz CT molecular complexity index is 943. The van der Waals surface area contributed by atoms with Crippen molar-refractivity contribution in [2.75, 3.05) is 5.75 Å². The number of nitrogens with zero attached hydrogens (tertiary/aromatic N) is 2. The van der Waals surface area contributed by atoms with Gasteiger partial charge in [-0.05, 0) is 23.8 Å². The van der Waals surface area contributed by atoms with E-state index in [4.69, 9.17) is 0 Å². The Hall–Kier alpha value is -2.45. The number of hydrogen-bond donors (Lipinski definition) is 0. The molecule has 0 fully saturated rings. The number of fused-ring (bicyclic) bond motifs is 1. The molecule has 27 heavy (non-hydrogen) atoms. The number of carbonyl (C=O) groups excluding carboxylic acids is 2. The molecule has 1 aromatic heterocycles. The quantitative estimate of drug-likeness (QED) is 0.560. The second-order valence-corrected chi connectivity index (χ2v) is 8.54. The van der Waals surface area contributed by atoms with Crippen LogP contribution < -0.4 is 0 Å². The maximum atomic E-state index is 12.7. The molecule has 1 aromatic carbocycles. The van der Waals surface area contributed by atoms with E-state index in [9.17, 15) is 14.9 Å². The van der Waals surface area contributed by atoms with Crippen LogP contribution in [0.15, 0.2) is 35.4 Å². The molecule has 0 radical (unpaired) electrons. The lowest BCUT2D eigenvalue weighted by atomic mass is 9.74. The van der Waals surface area contributed by atoms with Gasteiger partial charge >= 0.3 is 0 Å². The van der Waals surface area contributed by atoms with Gasteiger partial charge in [0.05, 0.1) is 17.0 Å². The molecular formula is C22H22N2O2S. The summed E-state index contributed by atoms with van der Waals surface area (Å²) < 4.78 is 0. The number of nitriles is 1. The van der Waals surface area contributed by atoms with Crippen LogP contribution in [0.5, 0.6) is 0 Å². The second kappa shape index (κ2) is 7.66. The largest absolute Gasteiger partial charge is 0.294 e. The Morgan fingerprint density at radius 3 is 2.59 bits per heavy atom. The number of thioether (sulfide) groups is 1. The van der Waals surface area contributed by atoms with E-state index in [0.29, 0.717) is 41.0 Å². The van der Waals surface area contributed by atoms with Gasteiger partial charge in [0.15, 0.2) is 11.6 Å². The topological polar surface area (TPSA) is 70.8 Å². The summed E-state index contributed by atoms with van der Waals surface area (Å²) in [5.41, 5.74) is 3.12. The highest BCUT2D eigenvalue weighted by molar-refractivity contribution is 8.00. The zero-order valence-electron chi connectivity index (χ0n) is 15.8. The van der Waals surface area contributed by atoms with Crippen LogP contribution in [0.2, 0.25) is 0 Å². The molecule has 0 bridgehead atoms. The van der Waals surface area contributed by atoms with E-state index >= 15 is 0 Å². The average molecular weight is 378 g/mol. The van der Waals surface area contributed by atoms with Crippen LogP contribution in [0.3, 0.4) is 0 Å². The normalized spacial score (nSPS) is 15.1. The van der Waals surface area contributed by atoms with Crippen LogP contribution in [-0.2, 0) is 12.8 Å². The highest BCUT2D eigenvalue weighted by atomic mass is 32.2. The zero-order chi connectivity index (χ0) is 19.6. The fraction of sp³-hybridized carbons (Fsp3) is 0.364. The maximum absolute atomic E-state index is 12.7. The average Bonchev–Trinajstić information content (AvgIpc) is 2.64. The molecule has 1 heterocycles. The molecule has 3 rings (SSSR count). The van der Waals surface area contributed by atoms with E-state index < -0.39 is 0 Å². The molecule has 2 aromatic rings. The molecule has 0 aliphatic heterocycles. The van der Waals surface area contributed by atoms with Crippen molar-refractivity contribution in [2.24, 2.45) is 5.41 Å². The number of pyridine rings is 1. The van der Waals surface area contributed by atoms with Crippen LogP contribution in [-0.4, -0.2) is 22.3 Å². The summed E-state index contributed by atoms with van der Waals surface area (Å²) in [6, 6.07) is 11.3. The molecule has 1 aliphatic carbocycles. The molecule has 0 saturated heterocycles. The Labute approximate surface area is 164 Å². The first-order chi connectivity index (χ1) is 12.9. The lowest BCUT2D eigenvalue weighted by Crippen LogP contribution is -2.29. The van der Waals surface area contributed by atoms with Crippen molar-refractivity contribution < 1.29 is 9.59 Å². The van der Waals surface area contributed by atoms with Gasteiger partial charge in [0.2, 0.25) is 0 Å². The van der Waals surface area contributed by atoms with Crippen molar-refractivity contribution in [1.82, 2.24) is 4.98 Å². The molecule has 0 N–H and O–H groups in total. The molecule has 5 heteroatoms. The first kappa shape index (κ1) is 19.3. The summed E-state index contributed by atoms with van der Waals surface area (Å²) in [4.78, 5) is 29.8. The maximum Gasteiger partial charge on any atom is 0.173 e. The number of rotatable bonds is 5. The third-order valence-electron chi connectivity index (χ3n) is 4.81. The molecule has 138 valence electrons. The Kier molecular flexibility index (Phi) is 5.48. The van der Waals surface area contributed by atoms with Crippen LogP contribution in [0.1, 0.15) is 64.7 Å². The first-order valence-corrected chi connectivity index (χ1v) is 10.0. The Balaban J connectivity index is 1.97. The summed E-state index contributed by atoms with van der Waals surface area (Å²) in [5, 5.41) is 10.3. The summed E-state index contributed by atoms with van der Waals surface area (Å²) in [6.07, 6.45) is 1.77. The Morgan fingerprint density at radius 1 is 1.26 bits per heavy atom.